The van der Waals surface area contributed by atoms with Crippen LogP contribution in [-0.4, -0.2) is 0 Å². The molecule has 0 bridgehead atoms. The van der Waals surface area contributed by atoms with Gasteiger partial charge in [-0.2, -0.15) is 23.3 Å². The van der Waals surface area contributed by atoms with Gasteiger partial charge in [-0.05, 0) is 0 Å². The minimum absolute atomic E-state index is 0. The molecule has 1 aromatic carbocycles. The first-order valence-electron chi connectivity index (χ1n) is 5.11. The molecular weight excluding hydrogens is 347 g/mol. The molecule has 0 saturated carbocycles. The summed E-state index contributed by atoms with van der Waals surface area (Å²) in [5.41, 5.74) is 3.05. The summed E-state index contributed by atoms with van der Waals surface area (Å²) in [5, 5.41) is 0. The van der Waals surface area contributed by atoms with Gasteiger partial charge in [-0.25, -0.2) is 6.07 Å². The molecule has 1 rings (SSSR count). The molecule has 0 aliphatic rings. The zero-order valence-electron chi connectivity index (χ0n) is 10.8. The van der Waals surface area contributed by atoms with Crippen molar-refractivity contribution in [1.82, 2.24) is 0 Å². The summed E-state index contributed by atoms with van der Waals surface area (Å²) in [6, 6.07) is 6.91. The molecule has 15 heavy (non-hydrogen) atoms. The number of aryl methyl sites for hydroxylation is 2. The van der Waals surface area contributed by atoms with Crippen molar-refractivity contribution in [3.63, 3.8) is 0 Å². The van der Waals surface area contributed by atoms with Crippen molar-refractivity contribution in [2.45, 2.75) is 46.0 Å². The molecule has 0 nitrogen and oxygen atoms in total. The SMILES string of the molecule is CCCCc1cc[c-](CCC)c1.[CH3-].[CH3-].[Hf]. The predicted octanol–water partition coefficient (Wildman–Crippen LogP) is 4.60. The van der Waals surface area contributed by atoms with Crippen molar-refractivity contribution in [3.8, 4) is 0 Å². The third kappa shape index (κ3) is 8.07. The predicted molar refractivity (Wildman–Crippen MR) is 67.5 cm³/mol. The first kappa shape index (κ1) is 20.6. The fraction of sp³-hybridized carbons (Fsp3) is 0.500. The van der Waals surface area contributed by atoms with Crippen LogP contribution in [0, 0.1) is 14.9 Å². The van der Waals surface area contributed by atoms with Gasteiger partial charge in [0.1, 0.15) is 0 Å². The Kier molecular flexibility index (Phi) is 16.9. The Morgan fingerprint density at radius 1 is 1.13 bits per heavy atom. The van der Waals surface area contributed by atoms with E-state index in [-0.39, 0.29) is 40.7 Å². The fourth-order valence-electron chi connectivity index (χ4n) is 1.53. The van der Waals surface area contributed by atoms with E-state index < -0.39 is 0 Å². The first-order chi connectivity index (χ1) is 5.86. The van der Waals surface area contributed by atoms with E-state index in [2.05, 4.69) is 32.0 Å². The van der Waals surface area contributed by atoms with Crippen molar-refractivity contribution in [2.24, 2.45) is 0 Å². The number of rotatable bonds is 5. The van der Waals surface area contributed by atoms with Crippen LogP contribution >= 0.6 is 0 Å². The summed E-state index contributed by atoms with van der Waals surface area (Å²) in [5.74, 6) is 0. The zero-order valence-corrected chi connectivity index (χ0v) is 14.4. The van der Waals surface area contributed by atoms with E-state index in [0.29, 0.717) is 0 Å². The standard InChI is InChI=1S/C12H19.2CH3.Hf/c1-3-5-7-12-9-8-11(10-12)6-4-2;;;/h8-10H,3-7H2,1-2H3;2*1H3;/q3*-1;. The van der Waals surface area contributed by atoms with E-state index >= 15 is 0 Å². The molecule has 1 heteroatoms. The summed E-state index contributed by atoms with van der Waals surface area (Å²) in [4.78, 5) is 0. The second kappa shape index (κ2) is 12.3. The molecule has 0 unspecified atom stereocenters. The number of unbranched alkanes of at least 4 members (excludes halogenated alkanes) is 1. The molecule has 0 spiro atoms. The molecule has 1 aromatic rings. The summed E-state index contributed by atoms with van der Waals surface area (Å²) in [7, 11) is 0. The van der Waals surface area contributed by atoms with Crippen molar-refractivity contribution >= 4 is 0 Å². The van der Waals surface area contributed by atoms with Crippen LogP contribution in [0.25, 0.3) is 0 Å². The van der Waals surface area contributed by atoms with E-state index in [1.165, 1.54) is 43.2 Å². The van der Waals surface area contributed by atoms with Crippen LogP contribution in [0.15, 0.2) is 18.2 Å². The second-order valence-electron chi connectivity index (χ2n) is 3.48. The smallest absolute Gasteiger partial charge is 0 e. The third-order valence-electron chi connectivity index (χ3n) is 2.24. The van der Waals surface area contributed by atoms with Crippen LogP contribution in [-0.2, 0) is 38.7 Å². The van der Waals surface area contributed by atoms with E-state index in [4.69, 9.17) is 0 Å². The normalized spacial score (nSPS) is 8.40. The van der Waals surface area contributed by atoms with Gasteiger partial charge in [0, 0.05) is 25.8 Å². The molecule has 88 valence electrons. The molecule has 0 aromatic heterocycles. The Hall–Kier alpha value is 0.220. The average Bonchev–Trinajstić information content (AvgIpc) is 2.50. The Morgan fingerprint density at radius 2 is 1.80 bits per heavy atom. The van der Waals surface area contributed by atoms with Gasteiger partial charge in [0.25, 0.3) is 0 Å². The van der Waals surface area contributed by atoms with Gasteiger partial charge in [0.2, 0.25) is 0 Å². The largest absolute Gasteiger partial charge is 0.358 e. The maximum atomic E-state index is 2.36. The van der Waals surface area contributed by atoms with Gasteiger partial charge in [0.05, 0.1) is 0 Å². The van der Waals surface area contributed by atoms with Crippen LogP contribution in [0.2, 0.25) is 0 Å². The molecule has 0 amide bonds. The maximum Gasteiger partial charge on any atom is 0 e. The van der Waals surface area contributed by atoms with Crippen molar-refractivity contribution in [1.29, 1.82) is 0 Å². The Bertz CT molecular complexity index is 213. The number of hydrogen-bond acceptors (Lipinski definition) is 0. The van der Waals surface area contributed by atoms with Crippen LogP contribution < -0.4 is 0 Å². The van der Waals surface area contributed by atoms with Crippen LogP contribution in [0.5, 0.6) is 0 Å². The van der Waals surface area contributed by atoms with E-state index in [1.54, 1.807) is 0 Å². The van der Waals surface area contributed by atoms with E-state index in [9.17, 15) is 0 Å². The van der Waals surface area contributed by atoms with Crippen LogP contribution in [0.1, 0.15) is 44.2 Å². The average molecular weight is 372 g/mol. The molecule has 0 N–H and O–H groups in total. The molecule has 0 heterocycles. The summed E-state index contributed by atoms with van der Waals surface area (Å²) in [6.45, 7) is 4.48. The maximum absolute atomic E-state index is 2.36. The molecule has 0 radical (unpaired) electrons. The van der Waals surface area contributed by atoms with Crippen molar-refractivity contribution in [3.05, 3.63) is 44.2 Å². The molecular formula is C14H25Hf-3. The zero-order chi connectivity index (χ0) is 8.81. The van der Waals surface area contributed by atoms with Crippen LogP contribution in [0.3, 0.4) is 0 Å². The molecule has 0 aliphatic heterocycles. The van der Waals surface area contributed by atoms with Gasteiger partial charge < -0.3 is 14.9 Å². The summed E-state index contributed by atoms with van der Waals surface area (Å²) in [6.07, 6.45) is 6.40. The van der Waals surface area contributed by atoms with Gasteiger partial charge in [-0.3, -0.25) is 0 Å². The van der Waals surface area contributed by atoms with Gasteiger partial charge in [-0.15, -0.1) is 0 Å². The molecule has 0 aliphatic carbocycles. The minimum Gasteiger partial charge on any atom is -0.358 e. The van der Waals surface area contributed by atoms with Crippen molar-refractivity contribution < 1.29 is 25.8 Å². The fourth-order valence-corrected chi connectivity index (χ4v) is 1.53. The molecule has 0 fully saturated rings. The Morgan fingerprint density at radius 3 is 2.33 bits per heavy atom. The second-order valence-corrected chi connectivity index (χ2v) is 3.48. The molecule has 0 saturated heterocycles. The van der Waals surface area contributed by atoms with Crippen LogP contribution in [0.4, 0.5) is 0 Å². The first-order valence-corrected chi connectivity index (χ1v) is 5.11. The topological polar surface area (TPSA) is 0 Å². The van der Waals surface area contributed by atoms with Crippen molar-refractivity contribution in [2.75, 3.05) is 0 Å². The van der Waals surface area contributed by atoms with E-state index in [1.807, 2.05) is 0 Å². The van der Waals surface area contributed by atoms with Gasteiger partial charge >= 0.3 is 0 Å². The van der Waals surface area contributed by atoms with Gasteiger partial charge in [-0.1, -0.05) is 46.0 Å². The molecule has 0 atom stereocenters. The summed E-state index contributed by atoms with van der Waals surface area (Å²) < 4.78 is 0. The number of hydrogen-bond donors (Lipinski definition) is 0. The third-order valence-corrected chi connectivity index (χ3v) is 2.24. The van der Waals surface area contributed by atoms with Gasteiger partial charge in [0.15, 0.2) is 0 Å². The minimum atomic E-state index is 0. The monoisotopic (exact) mass is 373 g/mol. The van der Waals surface area contributed by atoms with E-state index in [0.717, 1.165) is 0 Å². The summed E-state index contributed by atoms with van der Waals surface area (Å²) >= 11 is 0. The quantitative estimate of drug-likeness (QED) is 0.524. The Balaban J connectivity index is -0.000000480. The Labute approximate surface area is 116 Å².